The van der Waals surface area contributed by atoms with E-state index in [1.807, 2.05) is 19.1 Å². The molecule has 1 N–H and O–H groups in total. The number of piperidine rings is 1. The Hall–Kier alpha value is -1.36. The molecule has 0 aromatic heterocycles. The van der Waals surface area contributed by atoms with Crippen molar-refractivity contribution >= 4 is 27.8 Å². The van der Waals surface area contributed by atoms with Crippen LogP contribution in [0.2, 0.25) is 0 Å². The minimum atomic E-state index is -0.823. The number of hydrogen-bond donors (Lipinski definition) is 1. The molecule has 1 aliphatic rings. The number of benzene rings is 1. The fraction of sp³-hybridized carbons (Fsp3) is 0.429. The second kappa shape index (κ2) is 5.74. The first-order chi connectivity index (χ1) is 8.99. The van der Waals surface area contributed by atoms with E-state index >= 15 is 0 Å². The Kier molecular flexibility index (Phi) is 4.24. The predicted octanol–water partition coefficient (Wildman–Crippen LogP) is 2.63. The van der Waals surface area contributed by atoms with E-state index < -0.39 is 11.9 Å². The van der Waals surface area contributed by atoms with Gasteiger partial charge in [0.05, 0.1) is 11.5 Å². The van der Waals surface area contributed by atoms with Gasteiger partial charge in [0.15, 0.2) is 0 Å². The van der Waals surface area contributed by atoms with Gasteiger partial charge in [-0.1, -0.05) is 19.1 Å². The molecule has 1 saturated heterocycles. The van der Waals surface area contributed by atoms with Gasteiger partial charge in [-0.15, -0.1) is 0 Å². The summed E-state index contributed by atoms with van der Waals surface area (Å²) in [7, 11) is 0. The summed E-state index contributed by atoms with van der Waals surface area (Å²) >= 11 is 3.36. The van der Waals surface area contributed by atoms with Crippen molar-refractivity contribution in [1.82, 2.24) is 4.90 Å². The summed E-state index contributed by atoms with van der Waals surface area (Å²) in [5, 5.41) is 9.13. The molecule has 1 fully saturated rings. The van der Waals surface area contributed by atoms with Crippen molar-refractivity contribution in [1.29, 1.82) is 0 Å². The second-order valence-corrected chi connectivity index (χ2v) is 5.92. The van der Waals surface area contributed by atoms with Crippen LogP contribution >= 0.6 is 15.9 Å². The van der Waals surface area contributed by atoms with Gasteiger partial charge in [-0.3, -0.25) is 9.59 Å². The summed E-state index contributed by atoms with van der Waals surface area (Å²) in [6, 6.07) is 7.22. The largest absolute Gasteiger partial charge is 0.481 e. The van der Waals surface area contributed by atoms with Crippen LogP contribution in [0.5, 0.6) is 0 Å². The van der Waals surface area contributed by atoms with Gasteiger partial charge in [0.2, 0.25) is 0 Å². The Balaban J connectivity index is 2.19. The van der Waals surface area contributed by atoms with Crippen LogP contribution in [0.15, 0.2) is 28.7 Å². The minimum absolute atomic E-state index is 0.106. The van der Waals surface area contributed by atoms with E-state index in [4.69, 9.17) is 5.11 Å². The summed E-state index contributed by atoms with van der Waals surface area (Å²) in [6.45, 7) is 2.89. The number of carbonyl (C=O) groups is 2. The van der Waals surface area contributed by atoms with Crippen molar-refractivity contribution < 1.29 is 14.7 Å². The lowest BCUT2D eigenvalue weighted by atomic mass is 9.90. The van der Waals surface area contributed by atoms with Gasteiger partial charge < -0.3 is 10.0 Å². The third kappa shape index (κ3) is 3.15. The smallest absolute Gasteiger partial charge is 0.308 e. The summed E-state index contributed by atoms with van der Waals surface area (Å²) < 4.78 is 0.741. The molecule has 0 radical (unpaired) electrons. The number of nitrogens with zero attached hydrogens (tertiary/aromatic N) is 1. The third-order valence-electron chi connectivity index (χ3n) is 3.40. The highest BCUT2D eigenvalue weighted by Crippen LogP contribution is 2.25. The molecule has 0 aliphatic carbocycles. The molecule has 2 atom stereocenters. The number of rotatable bonds is 2. The second-order valence-electron chi connectivity index (χ2n) is 5.07. The van der Waals surface area contributed by atoms with E-state index in [0.29, 0.717) is 25.1 Å². The summed E-state index contributed by atoms with van der Waals surface area (Å²) in [5.41, 5.74) is 0.584. The number of carboxylic acid groups (broad SMARTS) is 1. The predicted molar refractivity (Wildman–Crippen MR) is 75.0 cm³/mol. The average Bonchev–Trinajstić information content (AvgIpc) is 2.37. The first kappa shape index (κ1) is 14.1. The van der Waals surface area contributed by atoms with Gasteiger partial charge in [-0.05, 0) is 40.4 Å². The van der Waals surface area contributed by atoms with Gasteiger partial charge in [-0.25, -0.2) is 0 Å². The van der Waals surface area contributed by atoms with E-state index in [9.17, 15) is 9.59 Å². The molecule has 0 spiro atoms. The molecule has 4 nitrogen and oxygen atoms in total. The lowest BCUT2D eigenvalue weighted by molar-refractivity contribution is -0.143. The topological polar surface area (TPSA) is 57.6 Å². The van der Waals surface area contributed by atoms with Crippen molar-refractivity contribution in [3.05, 3.63) is 34.3 Å². The SMILES string of the molecule is CC1CC(C(=O)O)CN(C(=O)c2ccccc2Br)C1. The molecule has 19 heavy (non-hydrogen) atoms. The molecule has 1 aromatic rings. The fourth-order valence-corrected chi connectivity index (χ4v) is 2.96. The van der Waals surface area contributed by atoms with Crippen LogP contribution in [0.3, 0.4) is 0 Å². The van der Waals surface area contributed by atoms with E-state index in [-0.39, 0.29) is 11.8 Å². The summed E-state index contributed by atoms with van der Waals surface area (Å²) in [5.74, 6) is -1.18. The maximum atomic E-state index is 12.4. The number of carbonyl (C=O) groups excluding carboxylic acids is 1. The van der Waals surface area contributed by atoms with Crippen LogP contribution in [0.25, 0.3) is 0 Å². The number of carboxylic acids is 1. The van der Waals surface area contributed by atoms with Crippen molar-refractivity contribution in [3.8, 4) is 0 Å². The van der Waals surface area contributed by atoms with Crippen LogP contribution < -0.4 is 0 Å². The van der Waals surface area contributed by atoms with Crippen LogP contribution in [0, 0.1) is 11.8 Å². The standard InChI is InChI=1S/C14H16BrNO3/c1-9-6-10(14(18)19)8-16(7-9)13(17)11-4-2-3-5-12(11)15/h2-5,9-10H,6-8H2,1H3,(H,18,19). The molecule has 0 bridgehead atoms. The lowest BCUT2D eigenvalue weighted by Gasteiger charge is -2.34. The monoisotopic (exact) mass is 325 g/mol. The van der Waals surface area contributed by atoms with Crippen LogP contribution in [0.4, 0.5) is 0 Å². The molecular weight excluding hydrogens is 310 g/mol. The maximum Gasteiger partial charge on any atom is 0.308 e. The highest BCUT2D eigenvalue weighted by Gasteiger charge is 2.32. The molecule has 2 unspecified atom stereocenters. The van der Waals surface area contributed by atoms with E-state index in [0.717, 1.165) is 4.47 Å². The first-order valence-corrected chi connectivity index (χ1v) is 7.05. The molecule has 1 aliphatic heterocycles. The first-order valence-electron chi connectivity index (χ1n) is 6.25. The van der Waals surface area contributed by atoms with Gasteiger partial charge >= 0.3 is 5.97 Å². The molecule has 1 amide bonds. The number of aliphatic carboxylic acids is 1. The van der Waals surface area contributed by atoms with E-state index in [1.54, 1.807) is 17.0 Å². The van der Waals surface area contributed by atoms with Gasteiger partial charge in [0.25, 0.3) is 5.91 Å². The van der Waals surface area contributed by atoms with Crippen LogP contribution in [-0.2, 0) is 4.79 Å². The fourth-order valence-electron chi connectivity index (χ4n) is 2.50. The zero-order valence-electron chi connectivity index (χ0n) is 10.7. The molecular formula is C14H16BrNO3. The van der Waals surface area contributed by atoms with Gasteiger partial charge in [-0.2, -0.15) is 0 Å². The molecule has 102 valence electrons. The van der Waals surface area contributed by atoms with Crippen molar-refractivity contribution in [2.45, 2.75) is 13.3 Å². The Labute approximate surface area is 120 Å². The molecule has 1 heterocycles. The average molecular weight is 326 g/mol. The van der Waals surface area contributed by atoms with Crippen molar-refractivity contribution in [2.75, 3.05) is 13.1 Å². The summed E-state index contributed by atoms with van der Waals surface area (Å²) in [4.78, 5) is 25.2. The Morgan fingerprint density at radius 3 is 2.63 bits per heavy atom. The highest BCUT2D eigenvalue weighted by molar-refractivity contribution is 9.10. The molecule has 5 heteroatoms. The minimum Gasteiger partial charge on any atom is -0.481 e. The van der Waals surface area contributed by atoms with E-state index in [2.05, 4.69) is 15.9 Å². The van der Waals surface area contributed by atoms with Crippen molar-refractivity contribution in [3.63, 3.8) is 0 Å². The third-order valence-corrected chi connectivity index (χ3v) is 4.09. The number of likely N-dealkylation sites (tertiary alicyclic amines) is 1. The normalized spacial score (nSPS) is 23.2. The number of halogens is 1. The number of amides is 1. The maximum absolute atomic E-state index is 12.4. The Morgan fingerprint density at radius 1 is 1.32 bits per heavy atom. The number of hydrogen-bond acceptors (Lipinski definition) is 2. The van der Waals surface area contributed by atoms with E-state index in [1.165, 1.54) is 0 Å². The van der Waals surface area contributed by atoms with Gasteiger partial charge in [0, 0.05) is 17.6 Å². The van der Waals surface area contributed by atoms with Gasteiger partial charge in [0.1, 0.15) is 0 Å². The molecule has 2 rings (SSSR count). The molecule has 0 saturated carbocycles. The zero-order valence-corrected chi connectivity index (χ0v) is 12.3. The van der Waals surface area contributed by atoms with Crippen LogP contribution in [-0.4, -0.2) is 35.0 Å². The summed E-state index contributed by atoms with van der Waals surface area (Å²) in [6.07, 6.45) is 0.634. The molecule has 1 aromatic carbocycles. The zero-order chi connectivity index (χ0) is 14.0. The van der Waals surface area contributed by atoms with Crippen LogP contribution in [0.1, 0.15) is 23.7 Å². The Morgan fingerprint density at radius 2 is 2.00 bits per heavy atom. The lowest BCUT2D eigenvalue weighted by Crippen LogP contribution is -2.45. The van der Waals surface area contributed by atoms with Crippen molar-refractivity contribution in [2.24, 2.45) is 11.8 Å². The highest BCUT2D eigenvalue weighted by atomic mass is 79.9. The quantitative estimate of drug-likeness (QED) is 0.909. The Bertz CT molecular complexity index is 503.